The second-order valence-electron chi connectivity index (χ2n) is 4.71. The quantitative estimate of drug-likeness (QED) is 0.807. The molecule has 1 aromatic carbocycles. The van der Waals surface area contributed by atoms with Gasteiger partial charge in [-0.3, -0.25) is 0 Å². The van der Waals surface area contributed by atoms with Gasteiger partial charge in [-0.2, -0.15) is 9.57 Å². The van der Waals surface area contributed by atoms with Gasteiger partial charge in [0.2, 0.25) is 10.0 Å². The third kappa shape index (κ3) is 3.24. The van der Waals surface area contributed by atoms with E-state index in [1.807, 2.05) is 6.07 Å². The van der Waals surface area contributed by atoms with Gasteiger partial charge in [0.25, 0.3) is 0 Å². The summed E-state index contributed by atoms with van der Waals surface area (Å²) in [6, 6.07) is 6.20. The van der Waals surface area contributed by atoms with Gasteiger partial charge in [-0.25, -0.2) is 16.8 Å². The molecule has 7 nitrogen and oxygen atoms in total. The summed E-state index contributed by atoms with van der Waals surface area (Å²) in [5, 5.41) is 12.0. The van der Waals surface area contributed by atoms with Gasteiger partial charge in [-0.1, -0.05) is 0 Å². The minimum Gasteiger partial charge on any atom is -0.313 e. The third-order valence-corrected chi connectivity index (χ3v) is 6.25. The first-order chi connectivity index (χ1) is 9.76. The van der Waals surface area contributed by atoms with Crippen molar-refractivity contribution < 1.29 is 16.8 Å². The molecule has 1 unspecified atom stereocenters. The van der Waals surface area contributed by atoms with E-state index in [0.29, 0.717) is 6.54 Å². The van der Waals surface area contributed by atoms with Crippen LogP contribution in [-0.2, 0) is 19.9 Å². The van der Waals surface area contributed by atoms with E-state index in [1.165, 1.54) is 24.3 Å². The minimum atomic E-state index is -3.81. The number of rotatable bonds is 3. The maximum atomic E-state index is 12.5. The molecule has 1 atom stereocenters. The summed E-state index contributed by atoms with van der Waals surface area (Å²) in [7, 11) is -7.19. The lowest BCUT2D eigenvalue weighted by Gasteiger charge is -2.30. The van der Waals surface area contributed by atoms with E-state index in [2.05, 4.69) is 5.32 Å². The van der Waals surface area contributed by atoms with E-state index in [4.69, 9.17) is 5.26 Å². The van der Waals surface area contributed by atoms with Crippen molar-refractivity contribution in [3.8, 4) is 6.07 Å². The van der Waals surface area contributed by atoms with Gasteiger partial charge < -0.3 is 5.32 Å². The van der Waals surface area contributed by atoms with Crippen LogP contribution in [0.1, 0.15) is 0 Å². The van der Waals surface area contributed by atoms with Gasteiger partial charge in [0.1, 0.15) is 6.04 Å². The molecule has 2 rings (SSSR count). The van der Waals surface area contributed by atoms with Gasteiger partial charge in [0.05, 0.1) is 15.9 Å². The molecule has 1 saturated heterocycles. The zero-order valence-corrected chi connectivity index (χ0v) is 13.0. The number of benzene rings is 1. The summed E-state index contributed by atoms with van der Waals surface area (Å²) >= 11 is 0. The van der Waals surface area contributed by atoms with Crippen molar-refractivity contribution >= 4 is 19.9 Å². The number of hydrogen-bond acceptors (Lipinski definition) is 6. The average Bonchev–Trinajstić information content (AvgIpc) is 2.46. The molecule has 0 aromatic heterocycles. The zero-order valence-electron chi connectivity index (χ0n) is 11.4. The fraction of sp³-hybridized carbons (Fsp3) is 0.417. The number of piperazine rings is 1. The second-order valence-corrected chi connectivity index (χ2v) is 8.61. The Morgan fingerprint density at radius 3 is 2.29 bits per heavy atom. The molecule has 21 heavy (non-hydrogen) atoms. The standard InChI is InChI=1S/C12H15N3O4S2/c1-20(16,17)11-2-4-12(5-3-11)21(18,19)15-7-6-14-9-10(15)8-13/h2-5,10,14H,6-7,9H2,1H3. The topological polar surface area (TPSA) is 107 Å². The van der Waals surface area contributed by atoms with Crippen molar-refractivity contribution in [2.75, 3.05) is 25.9 Å². The van der Waals surface area contributed by atoms with Crippen LogP contribution in [0.2, 0.25) is 0 Å². The molecule has 1 aliphatic rings. The largest absolute Gasteiger partial charge is 0.313 e. The maximum Gasteiger partial charge on any atom is 0.244 e. The highest BCUT2D eigenvalue weighted by molar-refractivity contribution is 7.90. The molecule has 1 fully saturated rings. The first kappa shape index (κ1) is 15.9. The third-order valence-electron chi connectivity index (χ3n) is 3.20. The van der Waals surface area contributed by atoms with Gasteiger partial charge >= 0.3 is 0 Å². The van der Waals surface area contributed by atoms with Gasteiger partial charge in [-0.05, 0) is 24.3 Å². The highest BCUT2D eigenvalue weighted by atomic mass is 32.2. The smallest absolute Gasteiger partial charge is 0.244 e. The minimum absolute atomic E-state index is 0.0166. The molecule has 114 valence electrons. The highest BCUT2D eigenvalue weighted by Crippen LogP contribution is 2.21. The van der Waals surface area contributed by atoms with Crippen LogP contribution in [-0.4, -0.2) is 53.1 Å². The molecule has 9 heteroatoms. The monoisotopic (exact) mass is 329 g/mol. The highest BCUT2D eigenvalue weighted by Gasteiger charge is 2.33. The van der Waals surface area contributed by atoms with Crippen molar-refractivity contribution in [2.24, 2.45) is 0 Å². The predicted octanol–water partition coefficient (Wildman–Crippen LogP) is -0.424. The van der Waals surface area contributed by atoms with Gasteiger partial charge in [-0.15, -0.1) is 0 Å². The van der Waals surface area contributed by atoms with Crippen molar-refractivity contribution in [1.82, 2.24) is 9.62 Å². The lowest BCUT2D eigenvalue weighted by atomic mass is 10.3. The molecule has 1 heterocycles. The summed E-state index contributed by atoms with van der Waals surface area (Å²) in [4.78, 5) is 0.0376. The van der Waals surface area contributed by atoms with E-state index in [-0.39, 0.29) is 22.9 Å². The Kier molecular flexibility index (Phi) is 4.34. The number of sulfone groups is 1. The molecular weight excluding hydrogens is 314 g/mol. The van der Waals surface area contributed by atoms with E-state index >= 15 is 0 Å². The Morgan fingerprint density at radius 2 is 1.76 bits per heavy atom. The molecule has 1 aromatic rings. The van der Waals surface area contributed by atoms with E-state index < -0.39 is 25.9 Å². The van der Waals surface area contributed by atoms with E-state index in [0.717, 1.165) is 10.6 Å². The Hall–Kier alpha value is -1.47. The number of nitrogens with zero attached hydrogens (tertiary/aromatic N) is 2. The molecule has 0 spiro atoms. The normalized spacial score (nSPS) is 20.9. The Morgan fingerprint density at radius 1 is 1.19 bits per heavy atom. The number of nitrogens with one attached hydrogen (secondary N) is 1. The maximum absolute atomic E-state index is 12.5. The first-order valence-electron chi connectivity index (χ1n) is 6.19. The second kappa shape index (κ2) is 5.73. The molecule has 0 amide bonds. The molecule has 1 N–H and O–H groups in total. The van der Waals surface area contributed by atoms with Crippen molar-refractivity contribution in [2.45, 2.75) is 15.8 Å². The first-order valence-corrected chi connectivity index (χ1v) is 9.52. The fourth-order valence-electron chi connectivity index (χ4n) is 2.08. The van der Waals surface area contributed by atoms with Crippen LogP contribution in [0.3, 0.4) is 0 Å². The van der Waals surface area contributed by atoms with Crippen molar-refractivity contribution in [1.29, 1.82) is 5.26 Å². The number of hydrogen-bond donors (Lipinski definition) is 1. The van der Waals surface area contributed by atoms with Crippen LogP contribution in [0.25, 0.3) is 0 Å². The fourth-order valence-corrected chi connectivity index (χ4v) is 4.25. The molecule has 0 radical (unpaired) electrons. The molecule has 0 bridgehead atoms. The zero-order chi connectivity index (χ0) is 15.7. The number of sulfonamides is 1. The summed E-state index contributed by atoms with van der Waals surface area (Å²) < 4.78 is 48.9. The van der Waals surface area contributed by atoms with Crippen LogP contribution in [0, 0.1) is 11.3 Å². The lowest BCUT2D eigenvalue weighted by Crippen LogP contribution is -2.52. The molecule has 1 aliphatic heterocycles. The Balaban J connectivity index is 2.38. The molecule has 0 aliphatic carbocycles. The summed E-state index contributed by atoms with van der Waals surface area (Å²) in [5.74, 6) is 0. The average molecular weight is 329 g/mol. The van der Waals surface area contributed by atoms with Crippen LogP contribution < -0.4 is 5.32 Å². The van der Waals surface area contributed by atoms with Crippen LogP contribution in [0.15, 0.2) is 34.1 Å². The lowest BCUT2D eigenvalue weighted by molar-refractivity contribution is 0.312. The Labute approximate surface area is 124 Å². The van der Waals surface area contributed by atoms with Crippen molar-refractivity contribution in [3.63, 3.8) is 0 Å². The van der Waals surface area contributed by atoms with Gasteiger partial charge in [0, 0.05) is 25.9 Å². The Bertz CT molecular complexity index is 764. The molecule has 0 saturated carbocycles. The summed E-state index contributed by atoms with van der Waals surface area (Å²) in [6.07, 6.45) is 1.05. The van der Waals surface area contributed by atoms with Crippen molar-refractivity contribution in [3.05, 3.63) is 24.3 Å². The predicted molar refractivity (Wildman–Crippen MR) is 75.7 cm³/mol. The summed E-state index contributed by atoms with van der Waals surface area (Å²) in [6.45, 7) is 0.949. The van der Waals surface area contributed by atoms with Crippen LogP contribution in [0.5, 0.6) is 0 Å². The van der Waals surface area contributed by atoms with Crippen LogP contribution >= 0.6 is 0 Å². The SMILES string of the molecule is CS(=O)(=O)c1ccc(S(=O)(=O)N2CCNCC2C#N)cc1. The van der Waals surface area contributed by atoms with E-state index in [9.17, 15) is 16.8 Å². The molecular formula is C12H15N3O4S2. The summed E-state index contributed by atoms with van der Waals surface area (Å²) in [5.41, 5.74) is 0. The number of nitriles is 1. The van der Waals surface area contributed by atoms with E-state index in [1.54, 1.807) is 0 Å². The van der Waals surface area contributed by atoms with Gasteiger partial charge in [0.15, 0.2) is 9.84 Å². The van der Waals surface area contributed by atoms with Crippen LogP contribution in [0.4, 0.5) is 0 Å².